The van der Waals surface area contributed by atoms with Gasteiger partial charge in [0.05, 0.1) is 0 Å². The number of rotatable bonds is 5. The van der Waals surface area contributed by atoms with Gasteiger partial charge in [0.25, 0.3) is 0 Å². The van der Waals surface area contributed by atoms with E-state index >= 15 is 0 Å². The molecule has 0 bridgehead atoms. The second kappa shape index (κ2) is 8.37. The van der Waals surface area contributed by atoms with Crippen molar-refractivity contribution in [1.29, 1.82) is 0 Å². The Bertz CT molecular complexity index is 474. The molecule has 0 spiro atoms. The molecule has 0 radical (unpaired) electrons. The Morgan fingerprint density at radius 1 is 1.25 bits per heavy atom. The normalized spacial score (nSPS) is 32.1. The van der Waals surface area contributed by atoms with Crippen LogP contribution in [-0.2, 0) is 9.47 Å². The maximum Gasteiger partial charge on any atom is 0.409 e. The number of thioether (sulfide) groups is 1. The van der Waals surface area contributed by atoms with Gasteiger partial charge in [0, 0.05) is 26.7 Å². The Labute approximate surface area is 146 Å². The SMILES string of the molecule is CCN(C)C1=N[C@@H]2[C@@H](O)[C@@H](O)[C@@H](COC(=O)N(CC)CC)O[C@@H]2S1. The maximum absolute atomic E-state index is 11.9. The van der Waals surface area contributed by atoms with Crippen LogP contribution in [0.3, 0.4) is 0 Å². The van der Waals surface area contributed by atoms with Crippen LogP contribution in [0.15, 0.2) is 4.99 Å². The molecule has 2 aliphatic rings. The number of aliphatic hydroxyl groups is 2. The van der Waals surface area contributed by atoms with Crippen molar-refractivity contribution in [3.63, 3.8) is 0 Å². The monoisotopic (exact) mass is 361 g/mol. The highest BCUT2D eigenvalue weighted by Gasteiger charge is 2.49. The summed E-state index contributed by atoms with van der Waals surface area (Å²) in [6.45, 7) is 7.52. The fourth-order valence-corrected chi connectivity index (χ4v) is 3.86. The van der Waals surface area contributed by atoms with E-state index in [1.165, 1.54) is 16.7 Å². The molecule has 24 heavy (non-hydrogen) atoms. The van der Waals surface area contributed by atoms with Crippen LogP contribution in [0.5, 0.6) is 0 Å². The summed E-state index contributed by atoms with van der Waals surface area (Å²) in [7, 11) is 1.91. The van der Waals surface area contributed by atoms with Crippen molar-refractivity contribution in [3.05, 3.63) is 0 Å². The molecule has 1 amide bonds. The minimum atomic E-state index is -1.15. The molecule has 0 aromatic heterocycles. The summed E-state index contributed by atoms with van der Waals surface area (Å²) in [6, 6.07) is -0.510. The Kier molecular flexibility index (Phi) is 6.73. The summed E-state index contributed by atoms with van der Waals surface area (Å²) >= 11 is 1.42. The number of ether oxygens (including phenoxy) is 2. The van der Waals surface area contributed by atoms with E-state index in [0.717, 1.165) is 11.7 Å². The maximum atomic E-state index is 11.9. The quantitative estimate of drug-likeness (QED) is 0.729. The van der Waals surface area contributed by atoms with Crippen molar-refractivity contribution in [1.82, 2.24) is 9.80 Å². The van der Waals surface area contributed by atoms with Gasteiger partial charge in [-0.2, -0.15) is 0 Å². The lowest BCUT2D eigenvalue weighted by Crippen LogP contribution is -2.56. The third-order valence-electron chi connectivity index (χ3n) is 4.34. The van der Waals surface area contributed by atoms with Crippen LogP contribution in [0.1, 0.15) is 20.8 Å². The average Bonchev–Trinajstić information content (AvgIpc) is 3.01. The number of aliphatic hydroxyl groups excluding tert-OH is 2. The van der Waals surface area contributed by atoms with Crippen molar-refractivity contribution in [2.45, 2.75) is 50.6 Å². The van der Waals surface area contributed by atoms with Gasteiger partial charge in [0.15, 0.2) is 5.17 Å². The lowest BCUT2D eigenvalue weighted by molar-refractivity contribution is -0.165. The zero-order valence-electron chi connectivity index (χ0n) is 14.6. The molecule has 5 atom stereocenters. The van der Waals surface area contributed by atoms with Crippen LogP contribution in [0.4, 0.5) is 4.79 Å². The number of hydrogen-bond donors (Lipinski definition) is 2. The molecule has 0 aromatic carbocycles. The van der Waals surface area contributed by atoms with Crippen LogP contribution in [-0.4, -0.2) is 94.4 Å². The first kappa shape index (κ1) is 19.3. The summed E-state index contributed by atoms with van der Waals surface area (Å²) in [5.41, 5.74) is -0.385. The molecule has 2 aliphatic heterocycles. The van der Waals surface area contributed by atoms with Gasteiger partial charge in [-0.1, -0.05) is 11.8 Å². The summed E-state index contributed by atoms with van der Waals surface area (Å²) < 4.78 is 11.1. The van der Waals surface area contributed by atoms with E-state index in [4.69, 9.17) is 9.47 Å². The van der Waals surface area contributed by atoms with E-state index in [1.807, 2.05) is 32.7 Å². The summed E-state index contributed by atoms with van der Waals surface area (Å²) in [4.78, 5) is 19.9. The van der Waals surface area contributed by atoms with E-state index in [2.05, 4.69) is 4.99 Å². The third-order valence-corrected chi connectivity index (χ3v) is 5.59. The van der Waals surface area contributed by atoms with Gasteiger partial charge >= 0.3 is 6.09 Å². The van der Waals surface area contributed by atoms with Gasteiger partial charge in [-0.15, -0.1) is 0 Å². The standard InChI is InChI=1S/C15H27N3O5S/c1-5-17(4)14-16-10-12(20)11(19)9(23-13(10)24-14)8-22-15(21)18(6-2)7-3/h9-13,19-20H,5-8H2,1-4H3/t9-,10-,11+,12-,13-/m1/s1. The lowest BCUT2D eigenvalue weighted by Gasteiger charge is -2.38. The number of carbonyl (C=O) groups excluding carboxylic acids is 1. The average molecular weight is 361 g/mol. The first-order valence-electron chi connectivity index (χ1n) is 8.31. The van der Waals surface area contributed by atoms with Crippen LogP contribution in [0.2, 0.25) is 0 Å². The summed E-state index contributed by atoms with van der Waals surface area (Å²) in [6.07, 6.45) is -3.41. The highest BCUT2D eigenvalue weighted by molar-refractivity contribution is 8.14. The minimum absolute atomic E-state index is 0.101. The predicted octanol–water partition coefficient (Wildman–Crippen LogP) is 0.335. The number of carbonyl (C=O) groups is 1. The molecular formula is C15H27N3O5S. The highest BCUT2D eigenvalue weighted by Crippen LogP contribution is 2.37. The van der Waals surface area contributed by atoms with Crippen molar-refractivity contribution >= 4 is 23.0 Å². The Hall–Kier alpha value is -1.03. The molecule has 8 nitrogen and oxygen atoms in total. The molecule has 1 fully saturated rings. The molecule has 2 rings (SSSR count). The van der Waals surface area contributed by atoms with E-state index < -0.39 is 30.4 Å². The van der Waals surface area contributed by atoms with Gasteiger partial charge in [-0.3, -0.25) is 4.99 Å². The molecule has 1 saturated heterocycles. The van der Waals surface area contributed by atoms with Crippen molar-refractivity contribution < 1.29 is 24.5 Å². The molecule has 138 valence electrons. The van der Waals surface area contributed by atoms with Crippen LogP contribution < -0.4 is 0 Å². The first-order chi connectivity index (χ1) is 11.4. The van der Waals surface area contributed by atoms with Crippen molar-refractivity contribution in [2.24, 2.45) is 4.99 Å². The summed E-state index contributed by atoms with van der Waals surface area (Å²) in [5, 5.41) is 21.4. The zero-order valence-corrected chi connectivity index (χ0v) is 15.4. The number of nitrogens with zero attached hydrogens (tertiary/aromatic N) is 3. The van der Waals surface area contributed by atoms with E-state index in [9.17, 15) is 15.0 Å². The third kappa shape index (κ3) is 3.96. The van der Waals surface area contributed by atoms with Gasteiger partial charge in [0.1, 0.15) is 36.4 Å². The Balaban J connectivity index is 1.95. The molecule has 9 heteroatoms. The number of fused-ring (bicyclic) bond motifs is 1. The predicted molar refractivity (Wildman–Crippen MR) is 92.1 cm³/mol. The molecule has 0 aliphatic carbocycles. The highest BCUT2D eigenvalue weighted by atomic mass is 32.2. The zero-order chi connectivity index (χ0) is 17.9. The van der Waals surface area contributed by atoms with Crippen LogP contribution >= 0.6 is 11.8 Å². The van der Waals surface area contributed by atoms with Crippen molar-refractivity contribution in [2.75, 3.05) is 33.3 Å². The number of amidine groups is 1. The van der Waals surface area contributed by atoms with Crippen LogP contribution in [0, 0.1) is 0 Å². The summed E-state index contributed by atoms with van der Waals surface area (Å²) in [5.74, 6) is 0. The second-order valence-corrected chi connectivity index (χ2v) is 6.87. The van der Waals surface area contributed by atoms with Gasteiger partial charge in [-0.05, 0) is 20.8 Å². The Morgan fingerprint density at radius 2 is 1.92 bits per heavy atom. The fraction of sp³-hybridized carbons (Fsp3) is 0.867. The number of aliphatic imine (C=N–C) groups is 1. The molecule has 2 N–H and O–H groups in total. The number of hydrogen-bond acceptors (Lipinski definition) is 8. The molecular weight excluding hydrogens is 334 g/mol. The molecule has 0 aromatic rings. The molecule has 0 unspecified atom stereocenters. The van der Waals surface area contributed by atoms with E-state index in [0.29, 0.717) is 13.1 Å². The van der Waals surface area contributed by atoms with E-state index in [1.54, 1.807) is 0 Å². The largest absolute Gasteiger partial charge is 0.447 e. The van der Waals surface area contributed by atoms with Crippen molar-refractivity contribution in [3.8, 4) is 0 Å². The van der Waals surface area contributed by atoms with Crippen LogP contribution in [0.25, 0.3) is 0 Å². The lowest BCUT2D eigenvalue weighted by atomic mass is 9.99. The minimum Gasteiger partial charge on any atom is -0.447 e. The van der Waals surface area contributed by atoms with Gasteiger partial charge in [0.2, 0.25) is 0 Å². The first-order valence-corrected chi connectivity index (χ1v) is 9.19. The van der Waals surface area contributed by atoms with Gasteiger partial charge < -0.3 is 29.5 Å². The molecule has 2 heterocycles. The Morgan fingerprint density at radius 3 is 2.50 bits per heavy atom. The molecule has 0 saturated carbocycles. The van der Waals surface area contributed by atoms with Gasteiger partial charge in [-0.25, -0.2) is 4.79 Å². The second-order valence-electron chi connectivity index (χ2n) is 5.81. The topological polar surface area (TPSA) is 94.8 Å². The smallest absolute Gasteiger partial charge is 0.409 e. The van der Waals surface area contributed by atoms with E-state index in [-0.39, 0.29) is 12.0 Å². The fourth-order valence-electron chi connectivity index (χ4n) is 2.60. The number of amides is 1.